The van der Waals surface area contributed by atoms with E-state index >= 15 is 0 Å². The zero-order valence-electron chi connectivity index (χ0n) is 21.0. The summed E-state index contributed by atoms with van der Waals surface area (Å²) in [5.41, 5.74) is 4.38. The van der Waals surface area contributed by atoms with Crippen LogP contribution in [-0.4, -0.2) is 62.7 Å². The molecule has 0 aromatic carbocycles. The second kappa shape index (κ2) is 10.8. The monoisotopic (exact) mass is 513 g/mol. The number of nitrogens with zero attached hydrogens (tertiary/aromatic N) is 4. The van der Waals surface area contributed by atoms with Gasteiger partial charge in [-0.2, -0.15) is 0 Å². The summed E-state index contributed by atoms with van der Waals surface area (Å²) in [7, 11) is 1.47. The van der Waals surface area contributed by atoms with Crippen molar-refractivity contribution in [1.82, 2.24) is 25.3 Å². The molecule has 2 N–H and O–H groups in total. The highest BCUT2D eigenvalue weighted by molar-refractivity contribution is 7.13. The minimum absolute atomic E-state index is 0.0737. The normalized spacial score (nSPS) is 19.4. The second-order valence-corrected chi connectivity index (χ2v) is 10.2. The minimum Gasteiger partial charge on any atom is -0.479 e. The first-order chi connectivity index (χ1) is 17.2. The van der Waals surface area contributed by atoms with Gasteiger partial charge >= 0.3 is 0 Å². The molecule has 4 rings (SSSR count). The number of rotatable bonds is 8. The van der Waals surface area contributed by atoms with Gasteiger partial charge in [0.05, 0.1) is 41.0 Å². The average molecular weight is 514 g/mol. The molecule has 0 saturated carbocycles. The fraction of sp³-hybridized carbons (Fsp3) is 0.480. The van der Waals surface area contributed by atoms with E-state index in [-0.39, 0.29) is 42.6 Å². The molecule has 0 bridgehead atoms. The molecule has 0 spiro atoms. The van der Waals surface area contributed by atoms with Crippen LogP contribution in [0, 0.1) is 12.8 Å². The minimum atomic E-state index is -0.798. The van der Waals surface area contributed by atoms with E-state index in [1.54, 1.807) is 17.8 Å². The van der Waals surface area contributed by atoms with Crippen molar-refractivity contribution >= 4 is 23.2 Å². The summed E-state index contributed by atoms with van der Waals surface area (Å²) < 4.78 is 10.4. The maximum absolute atomic E-state index is 13.6. The van der Waals surface area contributed by atoms with Crippen molar-refractivity contribution in [3.8, 4) is 16.5 Å². The van der Waals surface area contributed by atoms with Gasteiger partial charge in [0.2, 0.25) is 11.8 Å². The number of aryl methyl sites for hydroxylation is 1. The van der Waals surface area contributed by atoms with Gasteiger partial charge in [-0.1, -0.05) is 19.9 Å². The number of aliphatic hydroxyl groups is 1. The summed E-state index contributed by atoms with van der Waals surface area (Å²) in [6, 6.07) is 4.28. The Bertz CT molecular complexity index is 1210. The van der Waals surface area contributed by atoms with Crippen molar-refractivity contribution in [2.45, 2.75) is 58.2 Å². The Morgan fingerprint density at radius 2 is 2.06 bits per heavy atom. The van der Waals surface area contributed by atoms with Crippen LogP contribution in [0.4, 0.5) is 0 Å². The first kappa shape index (κ1) is 25.8. The maximum atomic E-state index is 13.6. The van der Waals surface area contributed by atoms with Crippen LogP contribution in [0.5, 0.6) is 5.88 Å². The van der Waals surface area contributed by atoms with Crippen LogP contribution < -0.4 is 10.1 Å². The summed E-state index contributed by atoms with van der Waals surface area (Å²) in [4.78, 5) is 38.1. The molecule has 10 nitrogen and oxygen atoms in total. The molecule has 4 heterocycles. The molecule has 1 aliphatic rings. The van der Waals surface area contributed by atoms with Crippen molar-refractivity contribution in [1.29, 1.82) is 0 Å². The van der Waals surface area contributed by atoms with Gasteiger partial charge in [-0.05, 0) is 36.6 Å². The van der Waals surface area contributed by atoms with Crippen molar-refractivity contribution in [3.05, 3.63) is 46.9 Å². The van der Waals surface area contributed by atoms with Gasteiger partial charge < -0.3 is 24.6 Å². The zero-order valence-corrected chi connectivity index (χ0v) is 21.8. The predicted molar refractivity (Wildman–Crippen MR) is 133 cm³/mol. The Hall–Kier alpha value is -3.31. The number of pyridine rings is 1. The molecular weight excluding hydrogens is 482 g/mol. The van der Waals surface area contributed by atoms with Gasteiger partial charge in [-0.3, -0.25) is 14.6 Å². The van der Waals surface area contributed by atoms with Crippen molar-refractivity contribution < 1.29 is 24.0 Å². The highest BCUT2D eigenvalue weighted by Gasteiger charge is 2.43. The fourth-order valence-corrected chi connectivity index (χ4v) is 5.25. The lowest BCUT2D eigenvalue weighted by Crippen LogP contribution is -2.48. The number of carbonyl (C=O) groups is 2. The topological polar surface area (TPSA) is 131 Å². The molecular formula is C25H31N5O5S. The number of hydrogen-bond donors (Lipinski definition) is 2. The van der Waals surface area contributed by atoms with E-state index in [1.807, 2.05) is 39.8 Å². The number of hydrogen-bond acceptors (Lipinski definition) is 9. The number of carbonyl (C=O) groups excluding carboxylic acids is 2. The van der Waals surface area contributed by atoms with Crippen LogP contribution >= 0.6 is 11.3 Å². The quantitative estimate of drug-likeness (QED) is 0.470. The molecule has 0 radical (unpaired) electrons. The number of ether oxygens (including phenoxy) is 1. The summed E-state index contributed by atoms with van der Waals surface area (Å²) in [5, 5.41) is 17.1. The Labute approximate surface area is 213 Å². The first-order valence-corrected chi connectivity index (χ1v) is 12.7. The zero-order chi connectivity index (χ0) is 26.0. The van der Waals surface area contributed by atoms with Gasteiger partial charge in [0.1, 0.15) is 12.0 Å². The largest absolute Gasteiger partial charge is 0.479 e. The summed E-state index contributed by atoms with van der Waals surface area (Å²) in [5.74, 6) is -0.763. The number of aromatic nitrogens is 3. The molecule has 4 atom stereocenters. The Kier molecular flexibility index (Phi) is 7.70. The van der Waals surface area contributed by atoms with E-state index in [0.717, 1.165) is 21.8 Å². The molecule has 2 amide bonds. The van der Waals surface area contributed by atoms with Crippen LogP contribution in [0.15, 0.2) is 34.4 Å². The SMILES string of the molecule is COc1cc(C(C(=O)N2C[C@H](O)C[C@H]2C(=O)N[C@@H](C)c2ccc(-c3scnc3C)nc2)C(C)C)on1. The Balaban J connectivity index is 1.47. The van der Waals surface area contributed by atoms with Crippen LogP contribution in [0.2, 0.25) is 0 Å². The predicted octanol–water partition coefficient (Wildman–Crippen LogP) is 3.09. The van der Waals surface area contributed by atoms with Gasteiger partial charge in [0.15, 0.2) is 5.76 Å². The van der Waals surface area contributed by atoms with E-state index < -0.39 is 18.1 Å². The number of β-amino-alcohol motifs (C(OH)–C–C–N with tert-alkyl or cyclic N) is 1. The average Bonchev–Trinajstić information content (AvgIpc) is 3.58. The van der Waals surface area contributed by atoms with Crippen LogP contribution in [0.3, 0.4) is 0 Å². The number of amides is 2. The molecule has 1 saturated heterocycles. The molecule has 192 valence electrons. The molecule has 3 aromatic heterocycles. The Morgan fingerprint density at radius 3 is 2.64 bits per heavy atom. The third-order valence-electron chi connectivity index (χ3n) is 6.44. The lowest BCUT2D eigenvalue weighted by atomic mass is 9.91. The van der Waals surface area contributed by atoms with E-state index in [2.05, 4.69) is 20.4 Å². The number of nitrogens with one attached hydrogen (secondary N) is 1. The lowest BCUT2D eigenvalue weighted by molar-refractivity contribution is -0.141. The molecule has 0 aliphatic carbocycles. The van der Waals surface area contributed by atoms with Crippen molar-refractivity contribution in [2.75, 3.05) is 13.7 Å². The highest BCUT2D eigenvalue weighted by Crippen LogP contribution is 2.32. The van der Waals surface area contributed by atoms with E-state index in [0.29, 0.717) is 5.76 Å². The summed E-state index contributed by atoms with van der Waals surface area (Å²) in [6.07, 6.45) is 1.11. The highest BCUT2D eigenvalue weighted by atomic mass is 32.1. The van der Waals surface area contributed by atoms with Crippen LogP contribution in [0.1, 0.15) is 56.2 Å². The fourth-order valence-electron chi connectivity index (χ4n) is 4.47. The number of thiazole rings is 1. The standard InChI is InChI=1S/C25H31N5O5S/c1-13(2)22(20-9-21(34-5)29-35-20)25(33)30-11-17(31)8-19(30)24(32)28-14(3)16-6-7-18(26-10-16)23-15(4)27-12-36-23/h6-7,9-10,12-14,17,19,22,31H,8,11H2,1-5H3,(H,28,32)/t14-,17+,19-,22?/m0/s1. The van der Waals surface area contributed by atoms with E-state index in [4.69, 9.17) is 9.26 Å². The van der Waals surface area contributed by atoms with Gasteiger partial charge in [0.25, 0.3) is 5.88 Å². The van der Waals surface area contributed by atoms with Gasteiger partial charge in [-0.15, -0.1) is 11.3 Å². The Morgan fingerprint density at radius 1 is 1.28 bits per heavy atom. The molecule has 36 heavy (non-hydrogen) atoms. The van der Waals surface area contributed by atoms with Gasteiger partial charge in [-0.25, -0.2) is 4.98 Å². The van der Waals surface area contributed by atoms with Crippen molar-refractivity contribution in [3.63, 3.8) is 0 Å². The number of likely N-dealkylation sites (tertiary alicyclic amines) is 1. The molecule has 1 aliphatic heterocycles. The second-order valence-electron chi connectivity index (χ2n) is 9.36. The molecule has 1 fully saturated rings. The molecule has 3 aromatic rings. The molecule has 11 heteroatoms. The summed E-state index contributed by atoms with van der Waals surface area (Å²) in [6.45, 7) is 7.67. The van der Waals surface area contributed by atoms with Crippen LogP contribution in [0.25, 0.3) is 10.6 Å². The summed E-state index contributed by atoms with van der Waals surface area (Å²) >= 11 is 1.53. The maximum Gasteiger partial charge on any atom is 0.254 e. The first-order valence-electron chi connectivity index (χ1n) is 11.9. The van der Waals surface area contributed by atoms with E-state index in [1.165, 1.54) is 23.3 Å². The molecule has 1 unspecified atom stereocenters. The number of aliphatic hydroxyl groups excluding tert-OH is 1. The van der Waals surface area contributed by atoms with Crippen molar-refractivity contribution in [2.24, 2.45) is 5.92 Å². The lowest BCUT2D eigenvalue weighted by Gasteiger charge is -2.29. The number of methoxy groups -OCH3 is 1. The van der Waals surface area contributed by atoms with E-state index in [9.17, 15) is 14.7 Å². The van der Waals surface area contributed by atoms with Gasteiger partial charge in [0, 0.05) is 25.2 Å². The third kappa shape index (κ3) is 5.26. The smallest absolute Gasteiger partial charge is 0.254 e. The van der Waals surface area contributed by atoms with Crippen LogP contribution in [-0.2, 0) is 9.59 Å². The third-order valence-corrected chi connectivity index (χ3v) is 7.39.